The molecule has 0 bridgehead atoms. The van der Waals surface area contributed by atoms with E-state index in [2.05, 4.69) is 12.2 Å². The lowest BCUT2D eigenvalue weighted by Crippen LogP contribution is -2.42. The maximum Gasteiger partial charge on any atom is 0.120 e. The van der Waals surface area contributed by atoms with Crippen molar-refractivity contribution in [2.45, 2.75) is 50.7 Å². The fourth-order valence-electron chi connectivity index (χ4n) is 2.37. The van der Waals surface area contributed by atoms with Gasteiger partial charge in [0.25, 0.3) is 0 Å². The van der Waals surface area contributed by atoms with Crippen molar-refractivity contribution in [3.05, 3.63) is 24.2 Å². The predicted octanol–water partition coefficient (Wildman–Crippen LogP) is 2.63. The third-order valence-electron chi connectivity index (χ3n) is 3.49. The summed E-state index contributed by atoms with van der Waals surface area (Å²) in [4.78, 5) is 0. The minimum absolute atomic E-state index is 0.168. The van der Waals surface area contributed by atoms with E-state index in [9.17, 15) is 5.11 Å². The molecule has 1 aromatic heterocycles. The topological polar surface area (TPSA) is 45.4 Å². The summed E-state index contributed by atoms with van der Waals surface area (Å²) in [6.45, 7) is 2.72. The van der Waals surface area contributed by atoms with Crippen molar-refractivity contribution < 1.29 is 9.52 Å². The van der Waals surface area contributed by atoms with Gasteiger partial charge >= 0.3 is 0 Å². The van der Waals surface area contributed by atoms with Gasteiger partial charge in [-0.15, -0.1) is 0 Å². The molecule has 1 atom stereocenters. The van der Waals surface area contributed by atoms with Crippen LogP contribution in [-0.4, -0.2) is 17.3 Å². The van der Waals surface area contributed by atoms with Gasteiger partial charge in [0.1, 0.15) is 5.76 Å². The highest BCUT2D eigenvalue weighted by Crippen LogP contribution is 2.28. The Kier molecular flexibility index (Phi) is 3.66. The van der Waals surface area contributed by atoms with Crippen LogP contribution in [0.2, 0.25) is 0 Å². The number of furan rings is 1. The summed E-state index contributed by atoms with van der Waals surface area (Å²) >= 11 is 0. The van der Waals surface area contributed by atoms with E-state index in [1.165, 1.54) is 6.42 Å². The van der Waals surface area contributed by atoms with Crippen LogP contribution in [0.15, 0.2) is 22.8 Å². The van der Waals surface area contributed by atoms with Gasteiger partial charge in [0.15, 0.2) is 0 Å². The molecule has 0 aliphatic heterocycles. The van der Waals surface area contributed by atoms with Crippen LogP contribution in [0.4, 0.5) is 0 Å². The smallest absolute Gasteiger partial charge is 0.120 e. The van der Waals surface area contributed by atoms with E-state index in [-0.39, 0.29) is 6.04 Å². The van der Waals surface area contributed by atoms with Crippen LogP contribution < -0.4 is 5.32 Å². The highest BCUT2D eigenvalue weighted by molar-refractivity contribution is 5.03. The first-order valence-electron chi connectivity index (χ1n) is 6.19. The van der Waals surface area contributed by atoms with Crippen molar-refractivity contribution in [3.63, 3.8) is 0 Å². The Morgan fingerprint density at radius 1 is 1.44 bits per heavy atom. The standard InChI is InChI=1S/C13H21NO2/c1-11(12-6-5-9-16-12)14-10-13(15)7-3-2-4-8-13/h5-6,9,11,14-15H,2-4,7-8,10H2,1H3/t11-/m0/s1. The molecule has 1 aliphatic carbocycles. The molecular weight excluding hydrogens is 202 g/mol. The number of rotatable bonds is 4. The van der Waals surface area contributed by atoms with E-state index in [0.29, 0.717) is 6.54 Å². The molecule has 0 radical (unpaired) electrons. The molecule has 0 aromatic carbocycles. The molecule has 0 spiro atoms. The molecule has 3 nitrogen and oxygen atoms in total. The van der Waals surface area contributed by atoms with Crippen LogP contribution in [0, 0.1) is 0 Å². The third-order valence-corrected chi connectivity index (χ3v) is 3.49. The highest BCUT2D eigenvalue weighted by Gasteiger charge is 2.29. The van der Waals surface area contributed by atoms with Gasteiger partial charge in [-0.2, -0.15) is 0 Å². The molecule has 0 unspecified atom stereocenters. The molecule has 1 heterocycles. The van der Waals surface area contributed by atoms with Crippen LogP contribution in [0.3, 0.4) is 0 Å². The SMILES string of the molecule is C[C@H](NCC1(O)CCCCC1)c1ccco1. The average Bonchev–Trinajstić information content (AvgIpc) is 2.80. The Morgan fingerprint density at radius 2 is 2.19 bits per heavy atom. The predicted molar refractivity (Wildman–Crippen MR) is 63.2 cm³/mol. The highest BCUT2D eigenvalue weighted by atomic mass is 16.3. The zero-order chi connectivity index (χ0) is 11.4. The van der Waals surface area contributed by atoms with E-state index in [4.69, 9.17) is 4.42 Å². The molecule has 90 valence electrons. The second-order valence-electron chi connectivity index (χ2n) is 4.90. The van der Waals surface area contributed by atoms with E-state index in [1.54, 1.807) is 6.26 Å². The van der Waals surface area contributed by atoms with E-state index in [1.807, 2.05) is 12.1 Å². The second-order valence-corrected chi connectivity index (χ2v) is 4.90. The van der Waals surface area contributed by atoms with E-state index < -0.39 is 5.60 Å². The summed E-state index contributed by atoms with van der Waals surface area (Å²) < 4.78 is 5.32. The minimum atomic E-state index is -0.501. The normalized spacial score (nSPS) is 21.9. The Labute approximate surface area is 96.8 Å². The van der Waals surface area contributed by atoms with Crippen molar-refractivity contribution >= 4 is 0 Å². The Bertz CT molecular complexity index is 302. The maximum atomic E-state index is 10.3. The van der Waals surface area contributed by atoms with Gasteiger partial charge in [0.2, 0.25) is 0 Å². The summed E-state index contributed by atoms with van der Waals surface area (Å²) in [5.41, 5.74) is -0.501. The molecule has 0 amide bonds. The first kappa shape index (κ1) is 11.7. The molecule has 2 N–H and O–H groups in total. The molecule has 1 aliphatic rings. The average molecular weight is 223 g/mol. The van der Waals surface area contributed by atoms with E-state index in [0.717, 1.165) is 31.4 Å². The van der Waals surface area contributed by atoms with Gasteiger partial charge in [-0.1, -0.05) is 19.3 Å². The monoisotopic (exact) mass is 223 g/mol. The van der Waals surface area contributed by atoms with Gasteiger partial charge in [0, 0.05) is 6.54 Å². The quantitative estimate of drug-likeness (QED) is 0.824. The van der Waals surface area contributed by atoms with Crippen molar-refractivity contribution in [2.75, 3.05) is 6.54 Å². The Morgan fingerprint density at radius 3 is 2.81 bits per heavy atom. The van der Waals surface area contributed by atoms with Crippen LogP contribution >= 0.6 is 0 Å². The van der Waals surface area contributed by atoms with Crippen LogP contribution in [0.1, 0.15) is 50.8 Å². The van der Waals surface area contributed by atoms with Crippen molar-refractivity contribution in [1.82, 2.24) is 5.32 Å². The lowest BCUT2D eigenvalue weighted by atomic mass is 9.85. The van der Waals surface area contributed by atoms with Crippen molar-refractivity contribution in [3.8, 4) is 0 Å². The molecule has 3 heteroatoms. The lowest BCUT2D eigenvalue weighted by Gasteiger charge is -2.33. The van der Waals surface area contributed by atoms with Gasteiger partial charge < -0.3 is 14.8 Å². The zero-order valence-electron chi connectivity index (χ0n) is 9.91. The van der Waals surface area contributed by atoms with Gasteiger partial charge in [-0.05, 0) is 31.9 Å². The van der Waals surface area contributed by atoms with Gasteiger partial charge in [-0.25, -0.2) is 0 Å². The van der Waals surface area contributed by atoms with Crippen LogP contribution in [0.25, 0.3) is 0 Å². The van der Waals surface area contributed by atoms with Gasteiger partial charge in [-0.3, -0.25) is 0 Å². The molecule has 1 saturated carbocycles. The second kappa shape index (κ2) is 5.02. The number of aliphatic hydroxyl groups is 1. The largest absolute Gasteiger partial charge is 0.468 e. The lowest BCUT2D eigenvalue weighted by molar-refractivity contribution is 0.00255. The summed E-state index contributed by atoms with van der Waals surface area (Å²) in [6.07, 6.45) is 7.08. The molecular formula is C13H21NO2. The third kappa shape index (κ3) is 2.86. The Hall–Kier alpha value is -0.800. The van der Waals surface area contributed by atoms with Gasteiger partial charge in [0.05, 0.1) is 17.9 Å². The first-order valence-corrected chi connectivity index (χ1v) is 6.19. The van der Waals surface area contributed by atoms with Crippen LogP contribution in [0.5, 0.6) is 0 Å². The van der Waals surface area contributed by atoms with Crippen molar-refractivity contribution in [1.29, 1.82) is 0 Å². The number of nitrogens with one attached hydrogen (secondary N) is 1. The minimum Gasteiger partial charge on any atom is -0.468 e. The summed E-state index contributed by atoms with van der Waals surface area (Å²) in [5, 5.41) is 13.7. The Balaban J connectivity index is 1.82. The molecule has 2 rings (SSSR count). The summed E-state index contributed by atoms with van der Waals surface area (Å²) in [7, 11) is 0. The van der Waals surface area contributed by atoms with E-state index >= 15 is 0 Å². The molecule has 1 aromatic rings. The maximum absolute atomic E-state index is 10.3. The first-order chi connectivity index (χ1) is 7.70. The zero-order valence-corrected chi connectivity index (χ0v) is 9.91. The summed E-state index contributed by atoms with van der Waals surface area (Å²) in [5.74, 6) is 0.930. The molecule has 0 saturated heterocycles. The fraction of sp³-hybridized carbons (Fsp3) is 0.692. The summed E-state index contributed by atoms with van der Waals surface area (Å²) in [6, 6.07) is 4.02. The van der Waals surface area contributed by atoms with Crippen molar-refractivity contribution in [2.24, 2.45) is 0 Å². The fourth-order valence-corrected chi connectivity index (χ4v) is 2.37. The number of hydrogen-bond acceptors (Lipinski definition) is 3. The molecule has 1 fully saturated rings. The van der Waals surface area contributed by atoms with Crippen LogP contribution in [-0.2, 0) is 0 Å². The number of hydrogen-bond donors (Lipinski definition) is 2. The molecule has 16 heavy (non-hydrogen) atoms.